The summed E-state index contributed by atoms with van der Waals surface area (Å²) < 4.78 is 8.50. The van der Waals surface area contributed by atoms with E-state index in [1.165, 1.54) is 44.3 Å². The van der Waals surface area contributed by atoms with Crippen molar-refractivity contribution in [1.82, 2.24) is 14.5 Å². The summed E-state index contributed by atoms with van der Waals surface area (Å²) in [5.74, 6) is 0.872. The van der Waals surface area contributed by atoms with Crippen molar-refractivity contribution in [3.8, 4) is 5.75 Å². The van der Waals surface area contributed by atoms with Gasteiger partial charge in [-0.15, -0.1) is 0 Å². The van der Waals surface area contributed by atoms with Crippen molar-refractivity contribution in [3.63, 3.8) is 0 Å². The summed E-state index contributed by atoms with van der Waals surface area (Å²) in [7, 11) is 1.70. The second-order valence-electron chi connectivity index (χ2n) is 6.14. The highest BCUT2D eigenvalue weighted by Gasteiger charge is 2.37. The number of nitrogens with zero attached hydrogens (tertiary/aromatic N) is 2. The van der Waals surface area contributed by atoms with Gasteiger partial charge in [-0.25, -0.2) is 0 Å². The third kappa shape index (κ3) is 2.10. The number of piperidine rings is 1. The van der Waals surface area contributed by atoms with Crippen LogP contribution in [0.2, 0.25) is 0 Å². The van der Waals surface area contributed by atoms with Gasteiger partial charge in [0, 0.05) is 18.7 Å². The Kier molecular flexibility index (Phi) is 3.27. The quantitative estimate of drug-likeness (QED) is 0.862. The average molecular weight is 303 g/mol. The number of H-pyrrole nitrogens is 1. The molecule has 0 spiro atoms. The molecule has 2 saturated heterocycles. The van der Waals surface area contributed by atoms with Crippen LogP contribution in [0.5, 0.6) is 5.75 Å². The Morgan fingerprint density at radius 1 is 1.19 bits per heavy atom. The van der Waals surface area contributed by atoms with E-state index in [1.807, 2.05) is 12.1 Å². The van der Waals surface area contributed by atoms with Crippen LogP contribution in [0.1, 0.15) is 31.7 Å². The molecule has 2 atom stereocenters. The summed E-state index contributed by atoms with van der Waals surface area (Å²) in [5.41, 5.74) is 2.28. The molecule has 0 bridgehead atoms. The van der Waals surface area contributed by atoms with Crippen LogP contribution in [0.25, 0.3) is 11.0 Å². The number of hydrogen-bond acceptors (Lipinski definition) is 3. The van der Waals surface area contributed by atoms with Crippen molar-refractivity contribution in [2.24, 2.45) is 0 Å². The smallest absolute Gasteiger partial charge is 0.178 e. The number of nitrogens with one attached hydrogen (secondary N) is 1. The van der Waals surface area contributed by atoms with Crippen molar-refractivity contribution in [1.29, 1.82) is 0 Å². The zero-order valence-electron chi connectivity index (χ0n) is 12.3. The van der Waals surface area contributed by atoms with Gasteiger partial charge in [0.05, 0.1) is 24.2 Å². The van der Waals surface area contributed by atoms with Gasteiger partial charge in [0.2, 0.25) is 0 Å². The number of fused-ring (bicyclic) bond motifs is 2. The first kappa shape index (κ1) is 13.3. The van der Waals surface area contributed by atoms with E-state index in [4.69, 9.17) is 17.0 Å². The molecule has 3 heterocycles. The van der Waals surface area contributed by atoms with Crippen LogP contribution in [-0.2, 0) is 0 Å². The van der Waals surface area contributed by atoms with E-state index in [0.717, 1.165) is 16.0 Å². The Morgan fingerprint density at radius 2 is 2.10 bits per heavy atom. The topological polar surface area (TPSA) is 33.2 Å². The number of aromatic nitrogens is 2. The fourth-order valence-electron chi connectivity index (χ4n) is 4.09. The molecule has 5 heteroatoms. The Labute approximate surface area is 129 Å². The van der Waals surface area contributed by atoms with Crippen molar-refractivity contribution in [3.05, 3.63) is 23.0 Å². The normalized spacial score (nSPS) is 26.1. The summed E-state index contributed by atoms with van der Waals surface area (Å²) in [4.78, 5) is 6.00. The van der Waals surface area contributed by atoms with E-state index in [1.54, 1.807) is 7.11 Å². The monoisotopic (exact) mass is 303 g/mol. The zero-order valence-corrected chi connectivity index (χ0v) is 13.2. The number of aromatic amines is 1. The van der Waals surface area contributed by atoms with E-state index in [9.17, 15) is 0 Å². The highest BCUT2D eigenvalue weighted by molar-refractivity contribution is 7.71. The van der Waals surface area contributed by atoms with Crippen LogP contribution in [0.3, 0.4) is 0 Å². The van der Waals surface area contributed by atoms with Crippen molar-refractivity contribution in [2.45, 2.75) is 37.8 Å². The molecule has 2 aliphatic heterocycles. The first-order chi connectivity index (χ1) is 10.3. The maximum absolute atomic E-state index is 5.61. The Balaban J connectivity index is 1.79. The van der Waals surface area contributed by atoms with E-state index < -0.39 is 0 Å². The van der Waals surface area contributed by atoms with Crippen LogP contribution >= 0.6 is 12.2 Å². The lowest BCUT2D eigenvalue weighted by Crippen LogP contribution is -2.37. The third-order valence-electron chi connectivity index (χ3n) is 5.08. The average Bonchev–Trinajstić information content (AvgIpc) is 3.06. The van der Waals surface area contributed by atoms with Gasteiger partial charge < -0.3 is 14.3 Å². The first-order valence-corrected chi connectivity index (χ1v) is 8.21. The molecule has 4 rings (SSSR count). The number of methoxy groups -OCH3 is 1. The van der Waals surface area contributed by atoms with Gasteiger partial charge in [0.25, 0.3) is 0 Å². The van der Waals surface area contributed by atoms with Crippen molar-refractivity contribution >= 4 is 23.3 Å². The highest BCUT2D eigenvalue weighted by atomic mass is 32.1. The molecule has 21 heavy (non-hydrogen) atoms. The van der Waals surface area contributed by atoms with Gasteiger partial charge in [-0.2, -0.15) is 0 Å². The van der Waals surface area contributed by atoms with Crippen LogP contribution in [-0.4, -0.2) is 40.7 Å². The van der Waals surface area contributed by atoms with Crippen molar-refractivity contribution < 1.29 is 4.74 Å². The van der Waals surface area contributed by atoms with Gasteiger partial charge in [0.15, 0.2) is 4.77 Å². The Bertz CT molecular complexity index is 720. The number of benzene rings is 1. The van der Waals surface area contributed by atoms with Gasteiger partial charge in [-0.3, -0.25) is 4.90 Å². The van der Waals surface area contributed by atoms with Crippen LogP contribution in [0.15, 0.2) is 18.2 Å². The summed E-state index contributed by atoms with van der Waals surface area (Å²) in [6.07, 6.45) is 5.20. The molecule has 1 aromatic heterocycles. The Morgan fingerprint density at radius 3 is 2.95 bits per heavy atom. The maximum Gasteiger partial charge on any atom is 0.178 e. The number of rotatable bonds is 2. The molecule has 0 amide bonds. The van der Waals surface area contributed by atoms with Gasteiger partial charge in [-0.1, -0.05) is 6.42 Å². The molecule has 2 aliphatic rings. The van der Waals surface area contributed by atoms with Crippen molar-refractivity contribution in [2.75, 3.05) is 20.2 Å². The van der Waals surface area contributed by atoms with E-state index in [0.29, 0.717) is 12.1 Å². The van der Waals surface area contributed by atoms with Crippen LogP contribution < -0.4 is 4.74 Å². The molecular formula is C16H21N3OS. The van der Waals surface area contributed by atoms with Gasteiger partial charge in [0.1, 0.15) is 5.75 Å². The minimum Gasteiger partial charge on any atom is -0.497 e. The first-order valence-electron chi connectivity index (χ1n) is 7.80. The predicted octanol–water partition coefficient (Wildman–Crippen LogP) is 3.51. The molecule has 4 nitrogen and oxygen atoms in total. The lowest BCUT2D eigenvalue weighted by Gasteiger charge is -2.33. The lowest BCUT2D eigenvalue weighted by atomic mass is 9.99. The van der Waals surface area contributed by atoms with E-state index >= 15 is 0 Å². The molecule has 112 valence electrons. The summed E-state index contributed by atoms with van der Waals surface area (Å²) in [6, 6.07) is 7.36. The molecule has 1 aromatic carbocycles. The zero-order chi connectivity index (χ0) is 14.4. The standard InChI is InChI=1S/C16H21N3OS/c1-20-11-5-6-13-12(10-11)17-16(21)19(13)15-7-9-18-8-3-2-4-14(15)18/h5-6,10,14-15H,2-4,7-9H2,1H3,(H,17,21). The molecule has 0 radical (unpaired) electrons. The number of imidazole rings is 1. The summed E-state index contributed by atoms with van der Waals surface area (Å²) >= 11 is 5.61. The number of ether oxygens (including phenoxy) is 1. The predicted molar refractivity (Wildman–Crippen MR) is 86.5 cm³/mol. The van der Waals surface area contributed by atoms with Crippen LogP contribution in [0.4, 0.5) is 0 Å². The SMILES string of the molecule is COc1ccc2c(c1)[nH]c(=S)n2C1CCN2CCCCC12. The van der Waals surface area contributed by atoms with E-state index in [2.05, 4.69) is 20.5 Å². The second-order valence-corrected chi connectivity index (χ2v) is 6.53. The summed E-state index contributed by atoms with van der Waals surface area (Å²) in [5, 5.41) is 0. The van der Waals surface area contributed by atoms with Crippen LogP contribution in [0, 0.1) is 4.77 Å². The molecule has 2 unspecified atom stereocenters. The highest BCUT2D eigenvalue weighted by Crippen LogP contribution is 2.37. The van der Waals surface area contributed by atoms with Gasteiger partial charge >= 0.3 is 0 Å². The molecular weight excluding hydrogens is 282 g/mol. The molecule has 1 N–H and O–H groups in total. The molecule has 2 fully saturated rings. The molecule has 0 saturated carbocycles. The Hall–Kier alpha value is -1.33. The largest absolute Gasteiger partial charge is 0.497 e. The molecule has 2 aromatic rings. The maximum atomic E-state index is 5.61. The molecule has 0 aliphatic carbocycles. The minimum absolute atomic E-state index is 0.514. The fraction of sp³-hybridized carbons (Fsp3) is 0.562. The third-order valence-corrected chi connectivity index (χ3v) is 5.37. The van der Waals surface area contributed by atoms with E-state index in [-0.39, 0.29) is 0 Å². The van der Waals surface area contributed by atoms with Gasteiger partial charge in [-0.05, 0) is 50.2 Å². The fourth-order valence-corrected chi connectivity index (χ4v) is 4.43. The minimum atomic E-state index is 0.514. The summed E-state index contributed by atoms with van der Waals surface area (Å²) in [6.45, 7) is 2.46. The number of hydrogen-bond donors (Lipinski definition) is 1. The lowest BCUT2D eigenvalue weighted by molar-refractivity contribution is 0.174. The second kappa shape index (κ2) is 5.14.